The van der Waals surface area contributed by atoms with Gasteiger partial charge in [-0.05, 0) is 32.1 Å². The molecule has 3 N–H and O–H groups in total. The van der Waals surface area contributed by atoms with Crippen molar-refractivity contribution in [2.75, 3.05) is 19.3 Å². The van der Waals surface area contributed by atoms with Crippen molar-refractivity contribution in [3.63, 3.8) is 0 Å². The summed E-state index contributed by atoms with van der Waals surface area (Å²) in [7, 11) is -3.00. The van der Waals surface area contributed by atoms with E-state index in [2.05, 4.69) is 5.32 Å². The van der Waals surface area contributed by atoms with E-state index < -0.39 is 10.0 Å². The first-order chi connectivity index (χ1) is 7.95. The van der Waals surface area contributed by atoms with Crippen molar-refractivity contribution in [2.45, 2.75) is 50.2 Å². The van der Waals surface area contributed by atoms with E-state index in [1.807, 2.05) is 0 Å². The number of sulfonamides is 1. The maximum Gasteiger partial charge on any atom is 0.211 e. The fourth-order valence-electron chi connectivity index (χ4n) is 2.86. The van der Waals surface area contributed by atoms with Gasteiger partial charge in [-0.3, -0.25) is 0 Å². The molecule has 0 amide bonds. The zero-order valence-electron chi connectivity index (χ0n) is 10.4. The summed E-state index contributed by atoms with van der Waals surface area (Å²) in [5, 5.41) is 3.62. The highest BCUT2D eigenvalue weighted by molar-refractivity contribution is 7.88. The maximum absolute atomic E-state index is 11.4. The van der Waals surface area contributed by atoms with Crippen LogP contribution in [0.5, 0.6) is 0 Å². The number of hydrogen-bond donors (Lipinski definition) is 2. The average molecular weight is 261 g/mol. The molecule has 6 heteroatoms. The van der Waals surface area contributed by atoms with Gasteiger partial charge in [0, 0.05) is 31.2 Å². The Hall–Kier alpha value is -0.170. The number of nitrogens with one attached hydrogen (secondary N) is 1. The van der Waals surface area contributed by atoms with Crippen molar-refractivity contribution in [3.05, 3.63) is 0 Å². The summed E-state index contributed by atoms with van der Waals surface area (Å²) in [6, 6.07) is 1.35. The molecule has 0 aromatic heterocycles. The molecule has 0 spiro atoms. The minimum absolute atomic E-state index is 0.351. The topological polar surface area (TPSA) is 75.4 Å². The SMILES string of the molecule is CS(=O)(=O)N1CCC(NC2CCC(N)C2)CC1. The summed E-state index contributed by atoms with van der Waals surface area (Å²) in [5.41, 5.74) is 5.88. The van der Waals surface area contributed by atoms with Crippen LogP contribution in [0, 0.1) is 0 Å². The highest BCUT2D eigenvalue weighted by Crippen LogP contribution is 2.20. The molecular weight excluding hydrogens is 238 g/mol. The van der Waals surface area contributed by atoms with Crippen LogP contribution in [0.3, 0.4) is 0 Å². The molecular formula is C11H23N3O2S. The number of nitrogens with two attached hydrogens (primary N) is 1. The lowest BCUT2D eigenvalue weighted by Gasteiger charge is -2.32. The Morgan fingerprint density at radius 2 is 1.76 bits per heavy atom. The van der Waals surface area contributed by atoms with Gasteiger partial charge < -0.3 is 11.1 Å². The average Bonchev–Trinajstić information content (AvgIpc) is 2.63. The molecule has 0 bridgehead atoms. The van der Waals surface area contributed by atoms with Crippen molar-refractivity contribution < 1.29 is 8.42 Å². The van der Waals surface area contributed by atoms with E-state index in [1.54, 1.807) is 4.31 Å². The molecule has 2 unspecified atom stereocenters. The summed E-state index contributed by atoms with van der Waals surface area (Å²) in [6.45, 7) is 1.30. The molecule has 2 fully saturated rings. The van der Waals surface area contributed by atoms with Gasteiger partial charge in [0.25, 0.3) is 0 Å². The summed E-state index contributed by atoms with van der Waals surface area (Å²) >= 11 is 0. The van der Waals surface area contributed by atoms with Crippen LogP contribution >= 0.6 is 0 Å². The summed E-state index contributed by atoms with van der Waals surface area (Å²) in [6.07, 6.45) is 6.45. The van der Waals surface area contributed by atoms with E-state index >= 15 is 0 Å². The van der Waals surface area contributed by atoms with Crippen LogP contribution in [-0.2, 0) is 10.0 Å². The van der Waals surface area contributed by atoms with Crippen LogP contribution in [0.1, 0.15) is 32.1 Å². The number of hydrogen-bond acceptors (Lipinski definition) is 4. The molecule has 1 aliphatic carbocycles. The van der Waals surface area contributed by atoms with Crippen LogP contribution in [0.2, 0.25) is 0 Å². The molecule has 0 aromatic rings. The van der Waals surface area contributed by atoms with Crippen LogP contribution in [0.15, 0.2) is 0 Å². The minimum Gasteiger partial charge on any atom is -0.328 e. The van der Waals surface area contributed by atoms with Crippen molar-refractivity contribution in [1.82, 2.24) is 9.62 Å². The largest absolute Gasteiger partial charge is 0.328 e. The molecule has 2 rings (SSSR count). The lowest BCUT2D eigenvalue weighted by molar-refractivity contribution is 0.274. The summed E-state index contributed by atoms with van der Waals surface area (Å²) < 4.78 is 24.3. The Morgan fingerprint density at radius 1 is 1.12 bits per heavy atom. The maximum atomic E-state index is 11.4. The van der Waals surface area contributed by atoms with Gasteiger partial charge in [-0.15, -0.1) is 0 Å². The van der Waals surface area contributed by atoms with E-state index in [-0.39, 0.29) is 0 Å². The lowest BCUT2D eigenvalue weighted by atomic mass is 10.0. The second-order valence-corrected chi connectivity index (χ2v) is 7.36. The van der Waals surface area contributed by atoms with Crippen LogP contribution in [0.25, 0.3) is 0 Å². The van der Waals surface area contributed by atoms with Gasteiger partial charge >= 0.3 is 0 Å². The molecule has 0 radical (unpaired) electrons. The predicted molar refractivity (Wildman–Crippen MR) is 68.2 cm³/mol. The van der Waals surface area contributed by atoms with Gasteiger partial charge in [-0.1, -0.05) is 0 Å². The number of piperidine rings is 1. The van der Waals surface area contributed by atoms with Crippen molar-refractivity contribution in [3.8, 4) is 0 Å². The van der Waals surface area contributed by atoms with Gasteiger partial charge in [0.2, 0.25) is 10.0 Å². The fourth-order valence-corrected chi connectivity index (χ4v) is 3.73. The highest BCUT2D eigenvalue weighted by atomic mass is 32.2. The predicted octanol–water partition coefficient (Wildman–Crippen LogP) is -0.120. The summed E-state index contributed by atoms with van der Waals surface area (Å²) in [5.74, 6) is 0. The Balaban J connectivity index is 1.76. The molecule has 1 saturated heterocycles. The Bertz CT molecular complexity index is 350. The Labute approximate surface area is 104 Å². The normalized spacial score (nSPS) is 33.1. The van der Waals surface area contributed by atoms with Gasteiger partial charge in [0.1, 0.15) is 0 Å². The summed E-state index contributed by atoms with van der Waals surface area (Å²) in [4.78, 5) is 0. The lowest BCUT2D eigenvalue weighted by Crippen LogP contribution is -2.47. The molecule has 100 valence electrons. The number of nitrogens with zero attached hydrogens (tertiary/aromatic N) is 1. The van der Waals surface area contributed by atoms with E-state index in [9.17, 15) is 8.42 Å². The van der Waals surface area contributed by atoms with E-state index in [1.165, 1.54) is 6.26 Å². The van der Waals surface area contributed by atoms with Gasteiger partial charge in [-0.25, -0.2) is 12.7 Å². The molecule has 5 nitrogen and oxygen atoms in total. The third kappa shape index (κ3) is 3.64. The van der Waals surface area contributed by atoms with Crippen LogP contribution in [-0.4, -0.2) is 50.2 Å². The van der Waals surface area contributed by atoms with Gasteiger partial charge in [-0.2, -0.15) is 0 Å². The second kappa shape index (κ2) is 5.22. The second-order valence-electron chi connectivity index (χ2n) is 5.37. The quantitative estimate of drug-likeness (QED) is 0.743. The first kappa shape index (κ1) is 13.3. The third-order valence-electron chi connectivity index (χ3n) is 3.87. The minimum atomic E-state index is -3.00. The number of rotatable bonds is 3. The molecule has 1 aliphatic heterocycles. The third-order valence-corrected chi connectivity index (χ3v) is 5.17. The zero-order valence-corrected chi connectivity index (χ0v) is 11.2. The standard InChI is InChI=1S/C11H23N3O2S/c1-17(15,16)14-6-4-10(5-7-14)13-11-3-2-9(12)8-11/h9-11,13H,2-8,12H2,1H3. The highest BCUT2D eigenvalue weighted by Gasteiger charge is 2.28. The molecule has 1 saturated carbocycles. The van der Waals surface area contributed by atoms with E-state index in [0.717, 1.165) is 32.1 Å². The van der Waals surface area contributed by atoms with E-state index in [4.69, 9.17) is 5.73 Å². The van der Waals surface area contributed by atoms with Crippen LogP contribution in [0.4, 0.5) is 0 Å². The van der Waals surface area contributed by atoms with Gasteiger partial charge in [0.05, 0.1) is 6.26 Å². The molecule has 2 aliphatic rings. The Morgan fingerprint density at radius 3 is 2.24 bits per heavy atom. The molecule has 17 heavy (non-hydrogen) atoms. The van der Waals surface area contributed by atoms with Crippen molar-refractivity contribution in [1.29, 1.82) is 0 Å². The Kier molecular flexibility index (Phi) is 4.07. The van der Waals surface area contributed by atoms with Crippen LogP contribution < -0.4 is 11.1 Å². The van der Waals surface area contributed by atoms with Crippen molar-refractivity contribution >= 4 is 10.0 Å². The van der Waals surface area contributed by atoms with Gasteiger partial charge in [0.15, 0.2) is 0 Å². The fraction of sp³-hybridized carbons (Fsp3) is 1.00. The molecule has 2 atom stereocenters. The molecule has 1 heterocycles. The van der Waals surface area contributed by atoms with Crippen molar-refractivity contribution in [2.24, 2.45) is 5.73 Å². The molecule has 0 aromatic carbocycles. The first-order valence-electron chi connectivity index (χ1n) is 6.42. The monoisotopic (exact) mass is 261 g/mol. The van der Waals surface area contributed by atoms with E-state index in [0.29, 0.717) is 31.2 Å². The zero-order chi connectivity index (χ0) is 12.5. The smallest absolute Gasteiger partial charge is 0.211 e. The first-order valence-corrected chi connectivity index (χ1v) is 8.27.